The predicted molar refractivity (Wildman–Crippen MR) is 72.1 cm³/mol. The lowest BCUT2D eigenvalue weighted by molar-refractivity contribution is -0.137. The summed E-state index contributed by atoms with van der Waals surface area (Å²) in [6, 6.07) is 8.12. The SMILES string of the molecule is N#Cc1ccccc1NC(=O)N(CC(=O)O)CC1CC1. The van der Waals surface area contributed by atoms with Crippen LogP contribution >= 0.6 is 0 Å². The number of rotatable bonds is 5. The second-order valence-electron chi connectivity index (χ2n) is 4.81. The first-order chi connectivity index (χ1) is 9.60. The van der Waals surface area contributed by atoms with Crippen LogP contribution in [0.3, 0.4) is 0 Å². The number of amides is 2. The van der Waals surface area contributed by atoms with Crippen LogP contribution in [0.5, 0.6) is 0 Å². The number of aliphatic carboxylic acids is 1. The zero-order chi connectivity index (χ0) is 14.5. The van der Waals surface area contributed by atoms with Crippen LogP contribution in [0.15, 0.2) is 24.3 Å². The van der Waals surface area contributed by atoms with Gasteiger partial charge < -0.3 is 15.3 Å². The maximum atomic E-state index is 12.1. The summed E-state index contributed by atoms with van der Waals surface area (Å²) in [5, 5.41) is 20.4. The highest BCUT2D eigenvalue weighted by atomic mass is 16.4. The predicted octanol–water partition coefficient (Wildman–Crippen LogP) is 1.89. The first-order valence-electron chi connectivity index (χ1n) is 6.37. The number of hydrogen-bond acceptors (Lipinski definition) is 3. The third-order valence-electron chi connectivity index (χ3n) is 3.08. The number of nitriles is 1. The summed E-state index contributed by atoms with van der Waals surface area (Å²) < 4.78 is 0. The molecule has 0 heterocycles. The van der Waals surface area contributed by atoms with E-state index in [4.69, 9.17) is 10.4 Å². The molecule has 6 heteroatoms. The normalized spacial score (nSPS) is 13.3. The van der Waals surface area contributed by atoms with Gasteiger partial charge in [-0.3, -0.25) is 4.79 Å². The van der Waals surface area contributed by atoms with Crippen LogP contribution in [0.1, 0.15) is 18.4 Å². The van der Waals surface area contributed by atoms with Crippen molar-refractivity contribution < 1.29 is 14.7 Å². The van der Waals surface area contributed by atoms with Gasteiger partial charge in [-0.2, -0.15) is 5.26 Å². The Kier molecular flexibility index (Phi) is 4.20. The lowest BCUT2D eigenvalue weighted by Crippen LogP contribution is -2.40. The minimum absolute atomic E-state index is 0.336. The van der Waals surface area contributed by atoms with Crippen LogP contribution in [0.4, 0.5) is 10.5 Å². The van der Waals surface area contributed by atoms with Gasteiger partial charge in [0.1, 0.15) is 12.6 Å². The molecule has 0 bridgehead atoms. The summed E-state index contributed by atoms with van der Waals surface area (Å²) in [5.74, 6) is -0.652. The van der Waals surface area contributed by atoms with Crippen LogP contribution in [-0.4, -0.2) is 35.1 Å². The Morgan fingerprint density at radius 3 is 2.70 bits per heavy atom. The molecule has 1 fully saturated rings. The number of carbonyl (C=O) groups excluding carboxylic acids is 1. The van der Waals surface area contributed by atoms with E-state index in [0.29, 0.717) is 23.7 Å². The van der Waals surface area contributed by atoms with Crippen LogP contribution in [-0.2, 0) is 4.79 Å². The number of nitrogens with zero attached hydrogens (tertiary/aromatic N) is 2. The lowest BCUT2D eigenvalue weighted by atomic mass is 10.2. The Morgan fingerprint density at radius 1 is 1.40 bits per heavy atom. The van der Waals surface area contributed by atoms with Gasteiger partial charge >= 0.3 is 12.0 Å². The summed E-state index contributed by atoms with van der Waals surface area (Å²) in [6.45, 7) is 0.101. The molecular weight excluding hydrogens is 258 g/mol. The topological polar surface area (TPSA) is 93.4 Å². The van der Waals surface area contributed by atoms with Crippen molar-refractivity contribution in [2.75, 3.05) is 18.4 Å². The number of carboxylic acids is 1. The Balaban J connectivity index is 2.06. The van der Waals surface area contributed by atoms with Gasteiger partial charge in [0.25, 0.3) is 0 Å². The molecule has 0 saturated heterocycles. The molecule has 2 N–H and O–H groups in total. The third-order valence-corrected chi connectivity index (χ3v) is 3.08. The maximum absolute atomic E-state index is 12.1. The smallest absolute Gasteiger partial charge is 0.323 e. The van der Waals surface area contributed by atoms with Crippen molar-refractivity contribution in [3.05, 3.63) is 29.8 Å². The second kappa shape index (κ2) is 6.06. The zero-order valence-electron chi connectivity index (χ0n) is 10.9. The number of carbonyl (C=O) groups is 2. The minimum Gasteiger partial charge on any atom is -0.480 e. The van der Waals surface area contributed by atoms with Gasteiger partial charge in [-0.15, -0.1) is 0 Å². The Labute approximate surface area is 116 Å². The average molecular weight is 273 g/mol. The van der Waals surface area contributed by atoms with E-state index in [1.54, 1.807) is 24.3 Å². The minimum atomic E-state index is -1.05. The summed E-state index contributed by atoms with van der Waals surface area (Å²) in [7, 11) is 0. The first-order valence-corrected chi connectivity index (χ1v) is 6.37. The Bertz CT molecular complexity index is 561. The van der Waals surface area contributed by atoms with Crippen molar-refractivity contribution in [1.29, 1.82) is 5.26 Å². The quantitative estimate of drug-likeness (QED) is 0.856. The van der Waals surface area contributed by atoms with Crippen molar-refractivity contribution >= 4 is 17.7 Å². The van der Waals surface area contributed by atoms with E-state index in [-0.39, 0.29) is 6.54 Å². The second-order valence-corrected chi connectivity index (χ2v) is 4.81. The van der Waals surface area contributed by atoms with Gasteiger partial charge in [0.2, 0.25) is 0 Å². The fraction of sp³-hybridized carbons (Fsp3) is 0.357. The van der Waals surface area contributed by atoms with E-state index < -0.39 is 12.0 Å². The van der Waals surface area contributed by atoms with E-state index in [0.717, 1.165) is 12.8 Å². The van der Waals surface area contributed by atoms with E-state index in [1.165, 1.54) is 4.90 Å². The molecule has 0 aromatic heterocycles. The number of nitrogens with one attached hydrogen (secondary N) is 1. The molecule has 2 amide bonds. The molecule has 0 spiro atoms. The zero-order valence-corrected chi connectivity index (χ0v) is 10.9. The highest BCUT2D eigenvalue weighted by Crippen LogP contribution is 2.29. The number of hydrogen-bond donors (Lipinski definition) is 2. The Hall–Kier alpha value is -2.55. The van der Waals surface area contributed by atoms with Gasteiger partial charge in [-0.1, -0.05) is 12.1 Å². The number of carboxylic acid groups (broad SMARTS) is 1. The highest BCUT2D eigenvalue weighted by Gasteiger charge is 2.28. The Morgan fingerprint density at radius 2 is 2.10 bits per heavy atom. The summed E-state index contributed by atoms with van der Waals surface area (Å²) in [4.78, 5) is 24.2. The van der Waals surface area contributed by atoms with Crippen molar-refractivity contribution in [2.45, 2.75) is 12.8 Å². The molecule has 2 rings (SSSR count). The molecule has 0 radical (unpaired) electrons. The number of benzene rings is 1. The van der Waals surface area contributed by atoms with Crippen molar-refractivity contribution in [3.63, 3.8) is 0 Å². The standard InChI is InChI=1S/C14H15N3O3/c15-7-11-3-1-2-4-12(11)16-14(20)17(9-13(18)19)8-10-5-6-10/h1-4,10H,5-6,8-9H2,(H,16,20)(H,18,19). The van der Waals surface area contributed by atoms with E-state index in [9.17, 15) is 9.59 Å². The third kappa shape index (κ3) is 3.72. The van der Waals surface area contributed by atoms with Crippen molar-refractivity contribution in [1.82, 2.24) is 4.90 Å². The van der Waals surface area contributed by atoms with E-state index in [2.05, 4.69) is 5.32 Å². The number of para-hydroxylation sites is 1. The van der Waals surface area contributed by atoms with E-state index in [1.807, 2.05) is 6.07 Å². The molecule has 1 aromatic carbocycles. The summed E-state index contributed by atoms with van der Waals surface area (Å²) in [6.07, 6.45) is 2.05. The lowest BCUT2D eigenvalue weighted by Gasteiger charge is -2.21. The average Bonchev–Trinajstić information content (AvgIpc) is 3.22. The van der Waals surface area contributed by atoms with Gasteiger partial charge in [0, 0.05) is 6.54 Å². The van der Waals surface area contributed by atoms with Gasteiger partial charge in [-0.25, -0.2) is 4.79 Å². The molecule has 0 unspecified atom stereocenters. The van der Waals surface area contributed by atoms with Gasteiger partial charge in [0.15, 0.2) is 0 Å². The van der Waals surface area contributed by atoms with Gasteiger partial charge in [0.05, 0.1) is 11.3 Å². The summed E-state index contributed by atoms with van der Waals surface area (Å²) >= 11 is 0. The fourth-order valence-corrected chi connectivity index (χ4v) is 1.88. The van der Waals surface area contributed by atoms with Crippen LogP contribution in [0, 0.1) is 17.2 Å². The van der Waals surface area contributed by atoms with E-state index >= 15 is 0 Å². The maximum Gasteiger partial charge on any atom is 0.323 e. The first kappa shape index (κ1) is 13.9. The molecule has 1 aliphatic carbocycles. The van der Waals surface area contributed by atoms with Crippen LogP contribution in [0.25, 0.3) is 0 Å². The molecule has 0 atom stereocenters. The molecule has 0 aliphatic heterocycles. The molecule has 1 aromatic rings. The highest BCUT2D eigenvalue weighted by molar-refractivity contribution is 5.92. The fourth-order valence-electron chi connectivity index (χ4n) is 1.88. The van der Waals surface area contributed by atoms with Gasteiger partial charge in [-0.05, 0) is 30.9 Å². The molecule has 104 valence electrons. The number of urea groups is 1. The molecule has 1 aliphatic rings. The molecule has 6 nitrogen and oxygen atoms in total. The van der Waals surface area contributed by atoms with Crippen LogP contribution < -0.4 is 5.32 Å². The molecule has 20 heavy (non-hydrogen) atoms. The summed E-state index contributed by atoms with van der Waals surface area (Å²) in [5.41, 5.74) is 0.744. The number of anilines is 1. The van der Waals surface area contributed by atoms with Crippen molar-refractivity contribution in [3.8, 4) is 6.07 Å². The largest absolute Gasteiger partial charge is 0.480 e. The van der Waals surface area contributed by atoms with Crippen molar-refractivity contribution in [2.24, 2.45) is 5.92 Å². The monoisotopic (exact) mass is 273 g/mol. The molecular formula is C14H15N3O3. The molecule has 1 saturated carbocycles. The van der Waals surface area contributed by atoms with Crippen LogP contribution in [0.2, 0.25) is 0 Å².